The number of nitrogens with zero attached hydrogens (tertiary/aromatic N) is 4. The first kappa shape index (κ1) is 16.0. The number of aryl methyl sites for hydroxylation is 2. The first-order valence-electron chi connectivity index (χ1n) is 8.01. The zero-order chi connectivity index (χ0) is 17.4. The minimum absolute atomic E-state index is 0.498. The Morgan fingerprint density at radius 2 is 1.92 bits per heavy atom. The van der Waals surface area contributed by atoms with Crippen molar-refractivity contribution in [2.24, 2.45) is 0 Å². The number of fused-ring (bicyclic) bond motifs is 1. The maximum absolute atomic E-state index is 5.79. The van der Waals surface area contributed by atoms with Crippen LogP contribution in [0.2, 0.25) is 0 Å². The molecule has 0 unspecified atom stereocenters. The molecule has 0 saturated heterocycles. The highest BCUT2D eigenvalue weighted by atomic mass is 32.1. The van der Waals surface area contributed by atoms with Crippen LogP contribution in [0.4, 0.5) is 0 Å². The lowest BCUT2D eigenvalue weighted by Gasteiger charge is -2.11. The molecule has 0 aliphatic carbocycles. The van der Waals surface area contributed by atoms with E-state index < -0.39 is 0 Å². The highest BCUT2D eigenvalue weighted by Gasteiger charge is 2.16. The fourth-order valence-corrected chi connectivity index (χ4v) is 3.82. The van der Waals surface area contributed by atoms with Gasteiger partial charge in [0.05, 0.1) is 28.9 Å². The summed E-state index contributed by atoms with van der Waals surface area (Å²) in [6.07, 6.45) is 0. The van der Waals surface area contributed by atoms with Crippen LogP contribution in [0.3, 0.4) is 0 Å². The Bertz CT molecular complexity index is 984. The third-order valence-electron chi connectivity index (χ3n) is 3.89. The van der Waals surface area contributed by atoms with E-state index in [1.807, 2.05) is 45.2 Å². The quantitative estimate of drug-likeness (QED) is 0.535. The predicted molar refractivity (Wildman–Crippen MR) is 96.3 cm³/mol. The van der Waals surface area contributed by atoms with E-state index >= 15 is 0 Å². The monoisotopic (exact) mass is 354 g/mol. The maximum Gasteiger partial charge on any atom is 0.251 e. The molecular formula is C18H18N4O2S. The van der Waals surface area contributed by atoms with Crippen LogP contribution in [0.15, 0.2) is 39.2 Å². The second-order valence-corrected chi connectivity index (χ2v) is 7.19. The van der Waals surface area contributed by atoms with Crippen LogP contribution in [0.5, 0.6) is 0 Å². The second kappa shape index (κ2) is 6.42. The Kier molecular flexibility index (Phi) is 4.10. The van der Waals surface area contributed by atoms with Crippen molar-refractivity contribution < 1.29 is 8.83 Å². The Morgan fingerprint density at radius 1 is 1.08 bits per heavy atom. The van der Waals surface area contributed by atoms with Gasteiger partial charge in [-0.1, -0.05) is 12.1 Å². The normalized spacial score (nSPS) is 11.7. The van der Waals surface area contributed by atoms with Crippen molar-refractivity contribution in [3.63, 3.8) is 0 Å². The molecule has 0 radical (unpaired) electrons. The second-order valence-electron chi connectivity index (χ2n) is 6.08. The fourth-order valence-electron chi connectivity index (χ4n) is 2.77. The number of thiazole rings is 1. The minimum Gasteiger partial charge on any atom is -0.466 e. The van der Waals surface area contributed by atoms with E-state index in [1.54, 1.807) is 11.3 Å². The zero-order valence-electron chi connectivity index (χ0n) is 14.3. The Morgan fingerprint density at radius 3 is 2.68 bits per heavy atom. The van der Waals surface area contributed by atoms with Gasteiger partial charge in [-0.25, -0.2) is 4.98 Å². The van der Waals surface area contributed by atoms with Crippen molar-refractivity contribution in [2.75, 3.05) is 7.05 Å². The van der Waals surface area contributed by atoms with E-state index in [1.165, 1.54) is 4.70 Å². The average Bonchev–Trinajstić information content (AvgIpc) is 3.25. The highest BCUT2D eigenvalue weighted by Crippen LogP contribution is 2.26. The molecule has 1 aromatic carbocycles. The lowest BCUT2D eigenvalue weighted by molar-refractivity contribution is 0.282. The molecule has 0 saturated carbocycles. The largest absolute Gasteiger partial charge is 0.466 e. The molecule has 4 rings (SSSR count). The number of furan rings is 1. The minimum atomic E-state index is 0.498. The van der Waals surface area contributed by atoms with Gasteiger partial charge in [-0.15, -0.1) is 21.5 Å². The average molecular weight is 354 g/mol. The van der Waals surface area contributed by atoms with E-state index in [0.29, 0.717) is 18.3 Å². The Hall–Kier alpha value is -2.51. The number of benzene rings is 1. The van der Waals surface area contributed by atoms with Gasteiger partial charge in [0.15, 0.2) is 0 Å². The van der Waals surface area contributed by atoms with Gasteiger partial charge in [0.2, 0.25) is 5.89 Å². The van der Waals surface area contributed by atoms with E-state index in [0.717, 1.165) is 34.2 Å². The van der Waals surface area contributed by atoms with E-state index in [-0.39, 0.29) is 0 Å². The summed E-state index contributed by atoms with van der Waals surface area (Å²) in [5.74, 6) is 2.70. The smallest absolute Gasteiger partial charge is 0.251 e. The Balaban J connectivity index is 1.46. The molecule has 3 aromatic heterocycles. The molecule has 0 amide bonds. The molecule has 0 atom stereocenters. The highest BCUT2D eigenvalue weighted by molar-refractivity contribution is 7.18. The summed E-state index contributed by atoms with van der Waals surface area (Å²) >= 11 is 1.71. The molecule has 7 heteroatoms. The molecule has 0 N–H and O–H groups in total. The van der Waals surface area contributed by atoms with Gasteiger partial charge in [0.1, 0.15) is 16.5 Å². The van der Waals surface area contributed by atoms with Gasteiger partial charge in [0.25, 0.3) is 5.89 Å². The molecule has 4 aromatic rings. The van der Waals surface area contributed by atoms with E-state index in [2.05, 4.69) is 26.1 Å². The van der Waals surface area contributed by atoms with Crippen LogP contribution in [-0.2, 0) is 13.1 Å². The van der Waals surface area contributed by atoms with Crippen LogP contribution < -0.4 is 0 Å². The van der Waals surface area contributed by atoms with Crippen LogP contribution >= 0.6 is 11.3 Å². The standard InChI is InChI=1S/C18H18N4O2S/c1-11-8-13(12(2)23-11)18-21-20-16(24-18)9-22(3)10-17-19-14-6-4-5-7-15(14)25-17/h4-8H,9-10H2,1-3H3. The first-order valence-corrected chi connectivity index (χ1v) is 8.83. The number of para-hydroxylation sites is 1. The van der Waals surface area contributed by atoms with Gasteiger partial charge < -0.3 is 8.83 Å². The van der Waals surface area contributed by atoms with Crippen molar-refractivity contribution >= 4 is 21.6 Å². The molecule has 0 fully saturated rings. The van der Waals surface area contributed by atoms with Gasteiger partial charge in [0, 0.05) is 0 Å². The summed E-state index contributed by atoms with van der Waals surface area (Å²) in [6.45, 7) is 5.10. The van der Waals surface area contributed by atoms with E-state index in [4.69, 9.17) is 8.83 Å². The summed E-state index contributed by atoms with van der Waals surface area (Å²) in [4.78, 5) is 6.77. The molecule has 128 valence electrons. The summed E-state index contributed by atoms with van der Waals surface area (Å²) in [5.41, 5.74) is 1.90. The van der Waals surface area contributed by atoms with Crippen LogP contribution in [0, 0.1) is 13.8 Å². The lowest BCUT2D eigenvalue weighted by atomic mass is 10.2. The van der Waals surface area contributed by atoms with Crippen molar-refractivity contribution in [3.05, 3.63) is 52.8 Å². The Labute approximate surface area is 149 Å². The fraction of sp³-hybridized carbons (Fsp3) is 0.278. The predicted octanol–water partition coefficient (Wildman–Crippen LogP) is 4.19. The van der Waals surface area contributed by atoms with Crippen LogP contribution in [0.25, 0.3) is 21.7 Å². The summed E-state index contributed by atoms with van der Waals surface area (Å²) in [5, 5.41) is 9.36. The number of aromatic nitrogens is 3. The lowest BCUT2D eigenvalue weighted by Crippen LogP contribution is -2.17. The topological polar surface area (TPSA) is 68.2 Å². The number of hydrogen-bond donors (Lipinski definition) is 0. The first-order chi connectivity index (χ1) is 12.1. The summed E-state index contributed by atoms with van der Waals surface area (Å²) in [7, 11) is 2.02. The third kappa shape index (κ3) is 3.33. The molecule has 6 nitrogen and oxygen atoms in total. The summed E-state index contributed by atoms with van der Waals surface area (Å²) in [6, 6.07) is 10.1. The number of rotatable bonds is 5. The van der Waals surface area contributed by atoms with Crippen molar-refractivity contribution in [3.8, 4) is 11.5 Å². The van der Waals surface area contributed by atoms with Crippen LogP contribution in [0.1, 0.15) is 22.4 Å². The maximum atomic E-state index is 5.79. The van der Waals surface area contributed by atoms with E-state index in [9.17, 15) is 0 Å². The SMILES string of the molecule is Cc1cc(-c2nnc(CN(C)Cc3nc4ccccc4s3)o2)c(C)o1. The van der Waals surface area contributed by atoms with Crippen molar-refractivity contribution in [1.29, 1.82) is 0 Å². The molecule has 25 heavy (non-hydrogen) atoms. The molecule has 0 bridgehead atoms. The van der Waals surface area contributed by atoms with Gasteiger partial charge >= 0.3 is 0 Å². The molecular weight excluding hydrogens is 336 g/mol. The van der Waals surface area contributed by atoms with Crippen LogP contribution in [-0.4, -0.2) is 27.1 Å². The number of hydrogen-bond acceptors (Lipinski definition) is 7. The van der Waals surface area contributed by atoms with Gasteiger partial charge in [-0.3, -0.25) is 4.90 Å². The molecule has 0 spiro atoms. The third-order valence-corrected chi connectivity index (χ3v) is 4.91. The van der Waals surface area contributed by atoms with Crippen molar-refractivity contribution in [1.82, 2.24) is 20.1 Å². The zero-order valence-corrected chi connectivity index (χ0v) is 15.1. The molecule has 0 aliphatic rings. The van der Waals surface area contributed by atoms with Gasteiger partial charge in [-0.05, 0) is 39.1 Å². The molecule has 3 heterocycles. The molecule has 0 aliphatic heterocycles. The van der Waals surface area contributed by atoms with Crippen molar-refractivity contribution in [2.45, 2.75) is 26.9 Å². The van der Waals surface area contributed by atoms with Gasteiger partial charge in [-0.2, -0.15) is 0 Å². The summed E-state index contributed by atoms with van der Waals surface area (Å²) < 4.78 is 12.5.